The van der Waals surface area contributed by atoms with Crippen molar-refractivity contribution in [2.24, 2.45) is 0 Å². The molecule has 2 amide bonds. The van der Waals surface area contributed by atoms with Crippen LogP contribution in [-0.2, 0) is 4.74 Å². The maximum absolute atomic E-state index is 13.5. The Kier molecular flexibility index (Phi) is 6.33. The Morgan fingerprint density at radius 1 is 1.45 bits per heavy atom. The van der Waals surface area contributed by atoms with Crippen LogP contribution < -0.4 is 10.6 Å². The number of ether oxygens (including phenoxy) is 1. The zero-order valence-corrected chi connectivity index (χ0v) is 11.3. The van der Waals surface area contributed by atoms with Crippen LogP contribution in [0.4, 0.5) is 13.6 Å². The summed E-state index contributed by atoms with van der Waals surface area (Å²) in [4.78, 5) is 11.5. The van der Waals surface area contributed by atoms with Crippen molar-refractivity contribution >= 4 is 6.03 Å². The van der Waals surface area contributed by atoms with Gasteiger partial charge in [0.1, 0.15) is 0 Å². The first-order valence-corrected chi connectivity index (χ1v) is 6.11. The van der Waals surface area contributed by atoms with Gasteiger partial charge in [-0.05, 0) is 13.0 Å². The Morgan fingerprint density at radius 2 is 2.15 bits per heavy atom. The number of hydrogen-bond acceptors (Lipinski definition) is 3. The lowest BCUT2D eigenvalue weighted by molar-refractivity contribution is 0.0659. The minimum atomic E-state index is -0.986. The Bertz CT molecular complexity index is 457. The van der Waals surface area contributed by atoms with E-state index in [0.717, 1.165) is 6.07 Å². The van der Waals surface area contributed by atoms with Gasteiger partial charge in [-0.1, -0.05) is 12.1 Å². The second-order valence-electron chi connectivity index (χ2n) is 4.33. The minimum absolute atomic E-state index is 0.00196. The van der Waals surface area contributed by atoms with E-state index in [2.05, 4.69) is 10.6 Å². The predicted octanol–water partition coefficient (Wildman–Crippen LogP) is 1.33. The molecule has 0 spiro atoms. The Hall–Kier alpha value is -1.73. The van der Waals surface area contributed by atoms with Gasteiger partial charge in [0.05, 0.1) is 18.8 Å². The maximum atomic E-state index is 13.5. The third-order valence-corrected chi connectivity index (χ3v) is 2.65. The minimum Gasteiger partial charge on any atom is -0.389 e. The fraction of sp³-hybridized carbons (Fsp3) is 0.462. The topological polar surface area (TPSA) is 70.6 Å². The van der Waals surface area contributed by atoms with Crippen molar-refractivity contribution in [3.8, 4) is 0 Å². The summed E-state index contributed by atoms with van der Waals surface area (Å²) in [5.41, 5.74) is 0.0533. The molecular formula is C13H18F2N2O3. The fourth-order valence-corrected chi connectivity index (χ4v) is 1.64. The molecule has 0 aliphatic carbocycles. The lowest BCUT2D eigenvalue weighted by Gasteiger charge is -2.17. The van der Waals surface area contributed by atoms with Crippen LogP contribution in [0.5, 0.6) is 0 Å². The van der Waals surface area contributed by atoms with E-state index in [1.54, 1.807) is 0 Å². The van der Waals surface area contributed by atoms with Crippen LogP contribution in [0.25, 0.3) is 0 Å². The summed E-state index contributed by atoms with van der Waals surface area (Å²) in [6.07, 6.45) is -0.827. The summed E-state index contributed by atoms with van der Waals surface area (Å²) < 4.78 is 31.3. The molecule has 2 unspecified atom stereocenters. The van der Waals surface area contributed by atoms with Crippen molar-refractivity contribution in [1.82, 2.24) is 10.6 Å². The highest BCUT2D eigenvalue weighted by atomic mass is 19.2. The molecule has 112 valence electrons. The largest absolute Gasteiger partial charge is 0.389 e. The second-order valence-corrected chi connectivity index (χ2v) is 4.33. The second kappa shape index (κ2) is 7.76. The Morgan fingerprint density at radius 3 is 2.80 bits per heavy atom. The van der Waals surface area contributed by atoms with Gasteiger partial charge in [0.2, 0.25) is 0 Å². The van der Waals surface area contributed by atoms with Crippen molar-refractivity contribution < 1.29 is 23.4 Å². The molecule has 1 aromatic carbocycles. The summed E-state index contributed by atoms with van der Waals surface area (Å²) in [5.74, 6) is -1.95. The van der Waals surface area contributed by atoms with E-state index < -0.39 is 29.8 Å². The number of aliphatic hydroxyl groups excluding tert-OH is 1. The van der Waals surface area contributed by atoms with E-state index in [4.69, 9.17) is 4.74 Å². The molecule has 2 atom stereocenters. The summed E-state index contributed by atoms with van der Waals surface area (Å²) >= 11 is 0. The average molecular weight is 288 g/mol. The molecule has 0 saturated heterocycles. The number of nitrogens with one attached hydrogen (secondary N) is 2. The van der Waals surface area contributed by atoms with Crippen LogP contribution >= 0.6 is 0 Å². The van der Waals surface area contributed by atoms with Crippen molar-refractivity contribution in [2.75, 3.05) is 20.3 Å². The SMILES string of the molecule is COCC(O)CNC(=O)NC(C)c1cccc(F)c1F. The van der Waals surface area contributed by atoms with Gasteiger partial charge in [-0.3, -0.25) is 0 Å². The first kappa shape index (κ1) is 16.3. The van der Waals surface area contributed by atoms with E-state index in [1.165, 1.54) is 26.2 Å². The number of methoxy groups -OCH3 is 1. The van der Waals surface area contributed by atoms with E-state index in [1.807, 2.05) is 0 Å². The van der Waals surface area contributed by atoms with Gasteiger partial charge in [0, 0.05) is 19.2 Å². The lowest BCUT2D eigenvalue weighted by Crippen LogP contribution is -2.41. The molecule has 0 radical (unpaired) electrons. The van der Waals surface area contributed by atoms with E-state index >= 15 is 0 Å². The molecule has 0 aliphatic heterocycles. The summed E-state index contributed by atoms with van der Waals surface area (Å²) in [6, 6.07) is 2.48. The highest BCUT2D eigenvalue weighted by Crippen LogP contribution is 2.18. The van der Waals surface area contributed by atoms with Gasteiger partial charge in [0.25, 0.3) is 0 Å². The molecular weight excluding hydrogens is 270 g/mol. The van der Waals surface area contributed by atoms with Crippen LogP contribution in [0.15, 0.2) is 18.2 Å². The monoisotopic (exact) mass is 288 g/mol. The number of rotatable bonds is 6. The number of aliphatic hydroxyl groups is 1. The van der Waals surface area contributed by atoms with Crippen LogP contribution in [0, 0.1) is 11.6 Å². The molecule has 0 bridgehead atoms. The number of carbonyl (C=O) groups excluding carboxylic acids is 1. The van der Waals surface area contributed by atoms with E-state index in [-0.39, 0.29) is 18.7 Å². The zero-order valence-electron chi connectivity index (χ0n) is 11.3. The Balaban J connectivity index is 2.51. The smallest absolute Gasteiger partial charge is 0.315 e. The molecule has 5 nitrogen and oxygen atoms in total. The maximum Gasteiger partial charge on any atom is 0.315 e. The van der Waals surface area contributed by atoms with Gasteiger partial charge in [-0.25, -0.2) is 13.6 Å². The van der Waals surface area contributed by atoms with Crippen molar-refractivity contribution in [1.29, 1.82) is 0 Å². The summed E-state index contributed by atoms with van der Waals surface area (Å²) in [6.45, 7) is 1.62. The molecule has 0 saturated carbocycles. The molecule has 7 heteroatoms. The van der Waals surface area contributed by atoms with Crippen LogP contribution in [-0.4, -0.2) is 37.5 Å². The number of urea groups is 1. The quantitative estimate of drug-likeness (QED) is 0.739. The third kappa shape index (κ3) is 4.75. The third-order valence-electron chi connectivity index (χ3n) is 2.65. The molecule has 0 aromatic heterocycles. The highest BCUT2D eigenvalue weighted by Gasteiger charge is 2.16. The normalized spacial score (nSPS) is 13.7. The molecule has 1 rings (SSSR count). The molecule has 0 aliphatic rings. The van der Waals surface area contributed by atoms with Gasteiger partial charge < -0.3 is 20.5 Å². The van der Waals surface area contributed by atoms with Crippen LogP contribution in [0.1, 0.15) is 18.5 Å². The Labute approximate surface area is 115 Å². The predicted molar refractivity (Wildman–Crippen MR) is 69.2 cm³/mol. The summed E-state index contributed by atoms with van der Waals surface area (Å²) in [7, 11) is 1.43. The van der Waals surface area contributed by atoms with E-state index in [0.29, 0.717) is 0 Å². The molecule has 3 N–H and O–H groups in total. The number of benzene rings is 1. The standard InChI is InChI=1S/C13H18F2N2O3/c1-8(10-4-3-5-11(14)12(10)15)17-13(19)16-6-9(18)7-20-2/h3-5,8-9,18H,6-7H2,1-2H3,(H2,16,17,19). The summed E-state index contributed by atoms with van der Waals surface area (Å²) in [5, 5.41) is 14.2. The van der Waals surface area contributed by atoms with Crippen LogP contribution in [0.2, 0.25) is 0 Å². The molecule has 20 heavy (non-hydrogen) atoms. The number of halogens is 2. The van der Waals surface area contributed by atoms with Gasteiger partial charge in [-0.2, -0.15) is 0 Å². The van der Waals surface area contributed by atoms with Gasteiger partial charge >= 0.3 is 6.03 Å². The van der Waals surface area contributed by atoms with Crippen molar-refractivity contribution in [3.05, 3.63) is 35.4 Å². The zero-order chi connectivity index (χ0) is 15.1. The van der Waals surface area contributed by atoms with Gasteiger partial charge in [0.15, 0.2) is 11.6 Å². The molecule has 0 heterocycles. The molecule has 1 aromatic rings. The van der Waals surface area contributed by atoms with E-state index in [9.17, 15) is 18.7 Å². The first-order chi connectivity index (χ1) is 9.45. The number of hydrogen-bond donors (Lipinski definition) is 3. The average Bonchev–Trinajstić information content (AvgIpc) is 2.40. The molecule has 0 fully saturated rings. The van der Waals surface area contributed by atoms with Gasteiger partial charge in [-0.15, -0.1) is 0 Å². The fourth-order valence-electron chi connectivity index (χ4n) is 1.64. The number of carbonyl (C=O) groups is 1. The highest BCUT2D eigenvalue weighted by molar-refractivity contribution is 5.74. The first-order valence-electron chi connectivity index (χ1n) is 6.11. The van der Waals surface area contributed by atoms with Crippen molar-refractivity contribution in [3.63, 3.8) is 0 Å². The van der Waals surface area contributed by atoms with Crippen molar-refractivity contribution in [2.45, 2.75) is 19.1 Å². The number of amides is 2. The van der Waals surface area contributed by atoms with Crippen LogP contribution in [0.3, 0.4) is 0 Å². The lowest BCUT2D eigenvalue weighted by atomic mass is 10.1.